The fourth-order valence-corrected chi connectivity index (χ4v) is 13.0. The first-order valence-corrected chi connectivity index (χ1v) is 26.2. The minimum Gasteiger partial charge on any atom is -0.345 e. The molecule has 0 N–H and O–H groups in total. The summed E-state index contributed by atoms with van der Waals surface area (Å²) in [4.78, 5) is 7.63. The van der Waals surface area contributed by atoms with Gasteiger partial charge >= 0.3 is 0 Å². The van der Waals surface area contributed by atoms with Crippen LogP contribution in [0.1, 0.15) is 73.3 Å². The molecule has 0 saturated carbocycles. The quantitative estimate of drug-likeness (QED) is 0.0999. The zero-order valence-electron chi connectivity index (χ0n) is 41.1. The van der Waals surface area contributed by atoms with Gasteiger partial charge in [-0.2, -0.15) is 0 Å². The van der Waals surface area contributed by atoms with E-state index in [-0.39, 0.29) is 11.3 Å². The lowest BCUT2D eigenvalue weighted by Crippen LogP contribution is -2.35. The Bertz CT molecular complexity index is 3480. The summed E-state index contributed by atoms with van der Waals surface area (Å²) in [6.45, 7) is 4.01. The van der Waals surface area contributed by atoms with E-state index in [2.05, 4.69) is 258 Å². The molecule has 0 spiro atoms. The maximum Gasteiger partial charge on any atom is 0.0700 e. The second kappa shape index (κ2) is 18.6. The molecule has 8 aromatic carbocycles. The molecule has 0 saturated heterocycles. The third kappa shape index (κ3) is 7.16. The van der Waals surface area contributed by atoms with Crippen LogP contribution in [0.5, 0.6) is 0 Å². The molecule has 0 radical (unpaired) electrons. The van der Waals surface area contributed by atoms with Crippen LogP contribution >= 0.6 is 0 Å². The summed E-state index contributed by atoms with van der Waals surface area (Å²) in [6.07, 6.45) is 29.8. The first-order chi connectivity index (χ1) is 35.7. The van der Waals surface area contributed by atoms with E-state index in [0.29, 0.717) is 0 Å². The molecule has 2 heterocycles. The lowest BCUT2D eigenvalue weighted by Gasteiger charge is -2.41. The Labute approximate surface area is 425 Å². The van der Waals surface area contributed by atoms with Crippen LogP contribution in [-0.2, 0) is 5.41 Å². The Hall–Kier alpha value is -8.14. The predicted molar refractivity (Wildman–Crippen MR) is 306 cm³/mol. The highest BCUT2D eigenvalue weighted by Crippen LogP contribution is 2.61. The number of hydrogen-bond acceptors (Lipinski definition) is 3. The lowest BCUT2D eigenvalue weighted by atomic mass is 9.62. The van der Waals surface area contributed by atoms with Crippen LogP contribution in [0.2, 0.25) is 0 Å². The van der Waals surface area contributed by atoms with Gasteiger partial charge in [0, 0.05) is 41.2 Å². The minimum atomic E-state index is -0.382. The molecule has 13 rings (SSSR count). The van der Waals surface area contributed by atoms with Gasteiger partial charge in [-0.05, 0) is 130 Å². The van der Waals surface area contributed by atoms with Gasteiger partial charge in [0.15, 0.2) is 0 Å². The number of para-hydroxylation sites is 4. The number of rotatable bonds is 10. The molecule has 5 aliphatic rings. The third-order valence-corrected chi connectivity index (χ3v) is 16.1. The summed E-state index contributed by atoms with van der Waals surface area (Å²) < 4.78 is 0. The summed E-state index contributed by atoms with van der Waals surface area (Å²) in [6, 6.07) is 66.2. The SMILES string of the molecule is CC/C=C\C=C/CN1c2ccccc2N(c2c3ccccc3c(/C=C/C3=CC=C4c5ccc(N6CCCC7=C6CCC=C7)cc5C(c5ccccc5)(c5ccccc5)C4C3)c3ccccc23)c2ccccc21. The van der Waals surface area contributed by atoms with E-state index in [4.69, 9.17) is 0 Å². The molecule has 1 unspecified atom stereocenters. The number of benzene rings is 8. The molecule has 0 aromatic heterocycles. The Morgan fingerprint density at radius 1 is 0.597 bits per heavy atom. The van der Waals surface area contributed by atoms with Crippen molar-refractivity contribution in [3.63, 3.8) is 0 Å². The second-order valence-electron chi connectivity index (χ2n) is 19.9. The van der Waals surface area contributed by atoms with Crippen molar-refractivity contribution < 1.29 is 0 Å². The van der Waals surface area contributed by atoms with E-state index in [1.807, 2.05) is 0 Å². The van der Waals surface area contributed by atoms with Crippen molar-refractivity contribution in [2.24, 2.45) is 5.92 Å². The highest BCUT2D eigenvalue weighted by molar-refractivity contribution is 6.20. The lowest BCUT2D eigenvalue weighted by molar-refractivity contribution is 0.478. The van der Waals surface area contributed by atoms with Crippen LogP contribution < -0.4 is 14.7 Å². The minimum absolute atomic E-state index is 0.198. The van der Waals surface area contributed by atoms with Crippen LogP contribution in [0.4, 0.5) is 34.1 Å². The largest absolute Gasteiger partial charge is 0.345 e. The van der Waals surface area contributed by atoms with Crippen molar-refractivity contribution in [3.05, 3.63) is 275 Å². The fraction of sp³-hybridized carbons (Fsp3) is 0.159. The number of fused-ring (bicyclic) bond motifs is 7. The smallest absolute Gasteiger partial charge is 0.0700 e. The van der Waals surface area contributed by atoms with E-state index in [0.717, 1.165) is 38.8 Å². The highest BCUT2D eigenvalue weighted by atomic mass is 15.3. The second-order valence-corrected chi connectivity index (χ2v) is 19.9. The van der Waals surface area contributed by atoms with Crippen molar-refractivity contribution in [3.8, 4) is 0 Å². The molecule has 8 aromatic rings. The van der Waals surface area contributed by atoms with Crippen molar-refractivity contribution in [1.29, 1.82) is 0 Å². The van der Waals surface area contributed by atoms with Gasteiger partial charge in [0.05, 0.1) is 33.9 Å². The summed E-state index contributed by atoms with van der Waals surface area (Å²) >= 11 is 0. The van der Waals surface area contributed by atoms with E-state index >= 15 is 0 Å². The molecule has 3 aliphatic carbocycles. The third-order valence-electron chi connectivity index (χ3n) is 16.1. The summed E-state index contributed by atoms with van der Waals surface area (Å²) in [5.41, 5.74) is 19.4. The van der Waals surface area contributed by atoms with Gasteiger partial charge in [-0.3, -0.25) is 0 Å². The van der Waals surface area contributed by atoms with Crippen LogP contribution in [0, 0.1) is 5.92 Å². The molecular formula is C69H59N3. The normalized spacial score (nSPS) is 17.9. The molecule has 350 valence electrons. The Morgan fingerprint density at radius 3 is 1.88 bits per heavy atom. The fourth-order valence-electron chi connectivity index (χ4n) is 13.0. The summed E-state index contributed by atoms with van der Waals surface area (Å²) in [7, 11) is 0. The maximum absolute atomic E-state index is 2.65. The zero-order chi connectivity index (χ0) is 48.0. The van der Waals surface area contributed by atoms with E-state index in [1.165, 1.54) is 119 Å². The number of nitrogens with zero attached hydrogens (tertiary/aromatic N) is 3. The average Bonchev–Trinajstić information content (AvgIpc) is 3.74. The molecule has 1 atom stereocenters. The van der Waals surface area contributed by atoms with Gasteiger partial charge in [0.2, 0.25) is 0 Å². The van der Waals surface area contributed by atoms with Crippen LogP contribution in [-0.4, -0.2) is 13.1 Å². The molecule has 3 heteroatoms. The van der Waals surface area contributed by atoms with Crippen molar-refractivity contribution in [1.82, 2.24) is 0 Å². The standard InChI is InChI=1S/C69H59N3/c1-2-3-4-5-22-45-71-64-35-18-20-37-66(64)72(67-38-21-19-36-65(67)71)68-59-32-15-13-30-54(59)56(55-31-14-16-33-60(55)68)42-39-49-40-43-57-58-44-41-53(70-46-23-25-50-24-12-17-34-63(50)70)48-62(58)69(61(57)47-49,51-26-8-6-9-27-51)52-28-10-7-11-29-52/h3-16,18-22,24,26-33,35-44,48,61H,2,17,23,25,34,45-47H2,1H3/b4-3-,22-5-,42-39+. The van der Waals surface area contributed by atoms with Gasteiger partial charge in [0.25, 0.3) is 0 Å². The van der Waals surface area contributed by atoms with Crippen LogP contribution in [0.15, 0.2) is 247 Å². The van der Waals surface area contributed by atoms with Gasteiger partial charge in [-0.1, -0.05) is 207 Å². The monoisotopic (exact) mass is 929 g/mol. The first kappa shape index (κ1) is 43.8. The molecule has 0 bridgehead atoms. The molecule has 2 aliphatic heterocycles. The zero-order valence-corrected chi connectivity index (χ0v) is 41.1. The van der Waals surface area contributed by atoms with E-state index in [1.54, 1.807) is 0 Å². The average molecular weight is 930 g/mol. The highest BCUT2D eigenvalue weighted by Gasteiger charge is 2.52. The molecule has 72 heavy (non-hydrogen) atoms. The molecule has 3 nitrogen and oxygen atoms in total. The van der Waals surface area contributed by atoms with Crippen molar-refractivity contribution in [2.45, 2.75) is 50.9 Å². The van der Waals surface area contributed by atoms with E-state index in [9.17, 15) is 0 Å². The van der Waals surface area contributed by atoms with Gasteiger partial charge in [-0.15, -0.1) is 0 Å². The molecular weight excluding hydrogens is 871 g/mol. The van der Waals surface area contributed by atoms with Crippen molar-refractivity contribution >= 4 is 67.3 Å². The summed E-state index contributed by atoms with van der Waals surface area (Å²) in [5, 5.41) is 4.94. The Kier molecular flexibility index (Phi) is 11.3. The molecule has 0 fully saturated rings. The van der Waals surface area contributed by atoms with Crippen LogP contribution in [0.3, 0.4) is 0 Å². The first-order valence-electron chi connectivity index (χ1n) is 26.2. The predicted octanol–water partition coefficient (Wildman–Crippen LogP) is 18.0. The number of allylic oxidation sites excluding steroid dienone is 12. The van der Waals surface area contributed by atoms with E-state index < -0.39 is 0 Å². The van der Waals surface area contributed by atoms with Gasteiger partial charge in [-0.25, -0.2) is 0 Å². The topological polar surface area (TPSA) is 9.72 Å². The number of hydrogen-bond donors (Lipinski definition) is 0. The van der Waals surface area contributed by atoms with Crippen LogP contribution in [0.25, 0.3) is 33.2 Å². The Balaban J connectivity index is 0.934. The maximum atomic E-state index is 2.65. The Morgan fingerprint density at radius 2 is 1.21 bits per heavy atom. The molecule has 0 amide bonds. The van der Waals surface area contributed by atoms with Crippen molar-refractivity contribution in [2.75, 3.05) is 27.8 Å². The van der Waals surface area contributed by atoms with Gasteiger partial charge < -0.3 is 14.7 Å². The number of anilines is 6. The summed E-state index contributed by atoms with van der Waals surface area (Å²) in [5.74, 6) is 0.198. The van der Waals surface area contributed by atoms with Gasteiger partial charge in [0.1, 0.15) is 0 Å².